The predicted molar refractivity (Wildman–Crippen MR) is 99.9 cm³/mol. The zero-order valence-corrected chi connectivity index (χ0v) is 16.4. The lowest BCUT2D eigenvalue weighted by atomic mass is 10.3. The summed E-state index contributed by atoms with van der Waals surface area (Å²) in [6, 6.07) is 0. The molecule has 0 amide bonds. The fraction of sp³-hybridized carbons (Fsp3) is 0.286. The zero-order chi connectivity index (χ0) is 19.0. The molecule has 0 atom stereocenters. The van der Waals surface area contributed by atoms with Gasteiger partial charge in [0.2, 0.25) is 17.6 Å². The van der Waals surface area contributed by atoms with Crippen LogP contribution in [0.2, 0.25) is 5.15 Å². The minimum atomic E-state index is 0.0144. The summed E-state index contributed by atoms with van der Waals surface area (Å²) in [5.74, 6) is 1.26. The first-order valence-electron chi connectivity index (χ1n) is 7.20. The van der Waals surface area contributed by atoms with E-state index in [0.717, 1.165) is 0 Å². The second kappa shape index (κ2) is 7.00. The molecule has 4 N–H and O–H groups in total. The third-order valence-corrected chi connectivity index (χ3v) is 4.68. The van der Waals surface area contributed by atoms with Crippen LogP contribution in [0.3, 0.4) is 0 Å². The van der Waals surface area contributed by atoms with Crippen LogP contribution in [0.1, 0.15) is 5.69 Å². The molecule has 10 nitrogen and oxygen atoms in total. The molecule has 26 heavy (non-hydrogen) atoms. The Balaban J connectivity index is 2.18. The maximum absolute atomic E-state index is 6.07. The van der Waals surface area contributed by atoms with Crippen molar-refractivity contribution in [1.82, 2.24) is 24.5 Å². The summed E-state index contributed by atoms with van der Waals surface area (Å²) in [5.41, 5.74) is 13.0. The SMILES string of the molecule is COc1nc(Cn2c(N)nc3c(Cl)nc(N)nc32)c(Br)c(OC)c1OC. The Kier molecular flexibility index (Phi) is 4.92. The number of hydrogen-bond donors (Lipinski definition) is 2. The highest BCUT2D eigenvalue weighted by molar-refractivity contribution is 9.10. The van der Waals surface area contributed by atoms with E-state index >= 15 is 0 Å². The van der Waals surface area contributed by atoms with E-state index in [1.165, 1.54) is 21.3 Å². The standard InChI is InChI=1S/C14H15BrClN7O3/c1-24-8-6(15)5(19-12(26-3)9(8)25-2)4-23-11-7(20-14(23)18)10(16)21-13(17)22-11/h4H2,1-3H3,(H2,18,20)(H2,17,21,22). The number of rotatable bonds is 5. The van der Waals surface area contributed by atoms with Crippen LogP contribution >= 0.6 is 27.5 Å². The Morgan fingerprint density at radius 1 is 1.00 bits per heavy atom. The van der Waals surface area contributed by atoms with E-state index < -0.39 is 0 Å². The molecule has 0 radical (unpaired) electrons. The van der Waals surface area contributed by atoms with Crippen molar-refractivity contribution < 1.29 is 14.2 Å². The molecule has 0 saturated carbocycles. The molecule has 0 bridgehead atoms. The predicted octanol–water partition coefficient (Wildman–Crippen LogP) is 1.88. The van der Waals surface area contributed by atoms with Crippen LogP contribution in [0, 0.1) is 0 Å². The maximum atomic E-state index is 6.07. The number of pyridine rings is 1. The molecule has 0 aliphatic carbocycles. The van der Waals surface area contributed by atoms with Gasteiger partial charge in [-0.15, -0.1) is 0 Å². The normalized spacial score (nSPS) is 11.0. The number of nitrogen functional groups attached to an aromatic ring is 2. The number of aromatic nitrogens is 5. The van der Waals surface area contributed by atoms with E-state index in [1.54, 1.807) is 4.57 Å². The van der Waals surface area contributed by atoms with Crippen molar-refractivity contribution in [3.05, 3.63) is 15.3 Å². The Labute approximate surface area is 161 Å². The first-order chi connectivity index (χ1) is 12.4. The molecule has 0 saturated heterocycles. The quantitative estimate of drug-likeness (QED) is 0.565. The van der Waals surface area contributed by atoms with Gasteiger partial charge in [-0.2, -0.15) is 9.97 Å². The monoisotopic (exact) mass is 443 g/mol. The second-order valence-electron chi connectivity index (χ2n) is 5.05. The van der Waals surface area contributed by atoms with Crippen LogP contribution in [0.15, 0.2) is 4.47 Å². The molecule has 3 aromatic heterocycles. The molecule has 0 unspecified atom stereocenters. The van der Waals surface area contributed by atoms with Crippen LogP contribution in [0.4, 0.5) is 11.9 Å². The third-order valence-electron chi connectivity index (χ3n) is 3.60. The zero-order valence-electron chi connectivity index (χ0n) is 14.1. The van der Waals surface area contributed by atoms with Crippen LogP contribution in [-0.4, -0.2) is 45.8 Å². The molecule has 0 aromatic carbocycles. The third kappa shape index (κ3) is 2.92. The number of methoxy groups -OCH3 is 3. The number of nitrogens with zero attached hydrogens (tertiary/aromatic N) is 5. The van der Waals surface area contributed by atoms with Crippen LogP contribution in [0.25, 0.3) is 11.2 Å². The first-order valence-corrected chi connectivity index (χ1v) is 8.37. The number of anilines is 2. The molecule has 3 aromatic rings. The highest BCUT2D eigenvalue weighted by Gasteiger charge is 2.23. The summed E-state index contributed by atoms with van der Waals surface area (Å²) in [6.07, 6.45) is 0. The van der Waals surface area contributed by atoms with Gasteiger partial charge >= 0.3 is 0 Å². The van der Waals surface area contributed by atoms with Crippen molar-refractivity contribution >= 4 is 50.6 Å². The lowest BCUT2D eigenvalue weighted by molar-refractivity contribution is 0.313. The van der Waals surface area contributed by atoms with Gasteiger partial charge in [0.25, 0.3) is 5.88 Å². The second-order valence-corrected chi connectivity index (χ2v) is 6.20. The highest BCUT2D eigenvalue weighted by Crippen LogP contribution is 2.43. The molecular weight excluding hydrogens is 430 g/mol. The molecule has 0 spiro atoms. The fourth-order valence-corrected chi connectivity index (χ4v) is 3.23. The minimum absolute atomic E-state index is 0.0144. The number of hydrogen-bond acceptors (Lipinski definition) is 9. The van der Waals surface area contributed by atoms with Crippen LogP contribution in [-0.2, 0) is 6.54 Å². The van der Waals surface area contributed by atoms with E-state index in [4.69, 9.17) is 37.3 Å². The first kappa shape index (κ1) is 18.3. The van der Waals surface area contributed by atoms with Crippen molar-refractivity contribution in [3.63, 3.8) is 0 Å². The lowest BCUT2D eigenvalue weighted by Crippen LogP contribution is -2.10. The van der Waals surface area contributed by atoms with Gasteiger partial charge in [0.05, 0.1) is 38.0 Å². The minimum Gasteiger partial charge on any atom is -0.492 e. The van der Waals surface area contributed by atoms with Gasteiger partial charge in [-0.25, -0.2) is 9.97 Å². The molecule has 138 valence electrons. The van der Waals surface area contributed by atoms with E-state index in [2.05, 4.69) is 35.9 Å². The molecule has 0 fully saturated rings. The number of imidazole rings is 1. The fourth-order valence-electron chi connectivity index (χ4n) is 2.46. The average molecular weight is 445 g/mol. The number of nitrogens with two attached hydrogens (primary N) is 2. The molecule has 3 rings (SSSR count). The van der Waals surface area contributed by atoms with Gasteiger partial charge in [0.1, 0.15) is 5.52 Å². The topological polar surface area (TPSA) is 136 Å². The van der Waals surface area contributed by atoms with Crippen molar-refractivity contribution in [2.45, 2.75) is 6.54 Å². The molecule has 0 aliphatic rings. The molecular formula is C14H15BrClN7O3. The molecule has 0 aliphatic heterocycles. The number of halogens is 2. The van der Waals surface area contributed by atoms with Crippen molar-refractivity contribution in [3.8, 4) is 17.4 Å². The van der Waals surface area contributed by atoms with Gasteiger partial charge in [0, 0.05) is 0 Å². The smallest absolute Gasteiger partial charge is 0.261 e. The van der Waals surface area contributed by atoms with Crippen molar-refractivity contribution in [2.75, 3.05) is 32.8 Å². The Morgan fingerprint density at radius 2 is 1.69 bits per heavy atom. The van der Waals surface area contributed by atoms with Gasteiger partial charge in [-0.05, 0) is 15.9 Å². The molecule has 3 heterocycles. The Bertz CT molecular complexity index is 995. The molecule has 12 heteroatoms. The Morgan fingerprint density at radius 3 is 2.31 bits per heavy atom. The van der Waals surface area contributed by atoms with Crippen LogP contribution in [0.5, 0.6) is 17.4 Å². The van der Waals surface area contributed by atoms with E-state index in [9.17, 15) is 0 Å². The van der Waals surface area contributed by atoms with E-state index in [-0.39, 0.29) is 29.5 Å². The summed E-state index contributed by atoms with van der Waals surface area (Å²) < 4.78 is 18.2. The largest absolute Gasteiger partial charge is 0.492 e. The van der Waals surface area contributed by atoms with Gasteiger partial charge in [-0.3, -0.25) is 4.57 Å². The number of ether oxygens (including phenoxy) is 3. The van der Waals surface area contributed by atoms with Crippen molar-refractivity contribution in [2.24, 2.45) is 0 Å². The summed E-state index contributed by atoms with van der Waals surface area (Å²) in [6.45, 7) is 0.201. The maximum Gasteiger partial charge on any atom is 0.261 e. The lowest BCUT2D eigenvalue weighted by Gasteiger charge is -2.16. The van der Waals surface area contributed by atoms with Gasteiger partial charge < -0.3 is 25.7 Å². The van der Waals surface area contributed by atoms with Crippen molar-refractivity contribution in [1.29, 1.82) is 0 Å². The summed E-state index contributed by atoms with van der Waals surface area (Å²) >= 11 is 9.55. The average Bonchev–Trinajstić information content (AvgIpc) is 2.92. The van der Waals surface area contributed by atoms with Gasteiger partial charge in [-0.1, -0.05) is 11.6 Å². The Hall–Kier alpha value is -2.53. The summed E-state index contributed by atoms with van der Waals surface area (Å²) in [7, 11) is 4.49. The van der Waals surface area contributed by atoms with Gasteiger partial charge in [0.15, 0.2) is 16.5 Å². The van der Waals surface area contributed by atoms with E-state index in [1.807, 2.05) is 0 Å². The summed E-state index contributed by atoms with van der Waals surface area (Å²) in [4.78, 5) is 16.7. The van der Waals surface area contributed by atoms with E-state index in [0.29, 0.717) is 32.8 Å². The highest BCUT2D eigenvalue weighted by atomic mass is 79.9. The number of fused-ring (bicyclic) bond motifs is 1. The van der Waals surface area contributed by atoms with Crippen LogP contribution < -0.4 is 25.7 Å². The summed E-state index contributed by atoms with van der Waals surface area (Å²) in [5, 5.41) is 0.120.